The Morgan fingerprint density at radius 2 is 1.93 bits per heavy atom. The number of carbonyl (C=O) groups excluding carboxylic acids is 1. The molecule has 3 heterocycles. The number of carbonyl (C=O) groups is 1. The lowest BCUT2D eigenvalue weighted by atomic mass is 9.90. The monoisotopic (exact) mass is 429 g/mol. The van der Waals surface area contributed by atoms with Crippen LogP contribution in [0.1, 0.15) is 53.9 Å². The molecule has 0 spiro atoms. The minimum atomic E-state index is -3.07. The minimum absolute atomic E-state index is 0.0246. The first-order valence-corrected chi connectivity index (χ1v) is 12.3. The number of amides is 1. The highest BCUT2D eigenvalue weighted by atomic mass is 32.2. The summed E-state index contributed by atoms with van der Waals surface area (Å²) in [7, 11) is -3.07. The molecule has 1 aromatic carbocycles. The lowest BCUT2D eigenvalue weighted by molar-refractivity contribution is -0.00198. The molecular formula is C22H27N3O4S. The van der Waals surface area contributed by atoms with Gasteiger partial charge in [0, 0.05) is 28.9 Å². The third-order valence-corrected chi connectivity index (χ3v) is 8.42. The summed E-state index contributed by atoms with van der Waals surface area (Å²) in [6.07, 6.45) is 2.32. The minimum Gasteiger partial charge on any atom is -0.388 e. The second kappa shape index (κ2) is 6.40. The van der Waals surface area contributed by atoms with Crippen LogP contribution in [0.5, 0.6) is 0 Å². The Hall–Kier alpha value is -2.19. The van der Waals surface area contributed by atoms with E-state index in [0.29, 0.717) is 12.1 Å². The number of hydrogen-bond donors (Lipinski definition) is 2. The van der Waals surface area contributed by atoms with Crippen LogP contribution < -0.4 is 0 Å². The lowest BCUT2D eigenvalue weighted by Gasteiger charge is -2.35. The molecule has 7 nitrogen and oxygen atoms in total. The number of aromatic nitrogens is 2. The zero-order valence-electron chi connectivity index (χ0n) is 17.4. The van der Waals surface area contributed by atoms with E-state index in [1.165, 1.54) is 11.3 Å². The van der Waals surface area contributed by atoms with Crippen LogP contribution in [-0.4, -0.2) is 58.2 Å². The molecule has 2 aromatic rings. The number of nitrogens with zero attached hydrogens (tertiary/aromatic N) is 2. The number of rotatable bonds is 3. The van der Waals surface area contributed by atoms with Crippen molar-refractivity contribution in [3.63, 3.8) is 0 Å². The molecule has 5 rings (SSSR count). The molecule has 3 aliphatic rings. The van der Waals surface area contributed by atoms with Gasteiger partial charge in [-0.2, -0.15) is 5.10 Å². The molecule has 1 saturated heterocycles. The average molecular weight is 430 g/mol. The van der Waals surface area contributed by atoms with Gasteiger partial charge in [-0.15, -0.1) is 0 Å². The van der Waals surface area contributed by atoms with E-state index in [-0.39, 0.29) is 42.2 Å². The van der Waals surface area contributed by atoms with Crippen molar-refractivity contribution in [3.05, 3.63) is 40.6 Å². The fourth-order valence-electron chi connectivity index (χ4n) is 5.08. The van der Waals surface area contributed by atoms with E-state index in [1.807, 2.05) is 18.2 Å². The normalized spacial score (nSPS) is 23.4. The average Bonchev–Trinajstić information content (AvgIpc) is 3.28. The fraction of sp³-hybridized carbons (Fsp3) is 0.545. The third-order valence-electron chi connectivity index (χ3n) is 6.76. The SMILES string of the molecule is CC1(C)Cc2[nH]nc(-c3ccc4c(c3)CN(CC3(O)CCS(=O)(=O)CC3)C4=O)c2C1. The molecule has 0 atom stereocenters. The Balaban J connectivity index is 1.37. The number of H-pyrrole nitrogens is 1. The quantitative estimate of drug-likeness (QED) is 0.778. The number of benzene rings is 1. The third kappa shape index (κ3) is 3.36. The van der Waals surface area contributed by atoms with E-state index in [2.05, 4.69) is 24.0 Å². The van der Waals surface area contributed by atoms with Crippen LogP contribution in [0, 0.1) is 5.41 Å². The zero-order valence-corrected chi connectivity index (χ0v) is 18.2. The molecular weight excluding hydrogens is 402 g/mol. The van der Waals surface area contributed by atoms with Crippen LogP contribution >= 0.6 is 0 Å². The molecule has 1 aliphatic carbocycles. The summed E-state index contributed by atoms with van der Waals surface area (Å²) >= 11 is 0. The number of hydrogen-bond acceptors (Lipinski definition) is 5. The second-order valence-corrected chi connectivity index (χ2v) is 12.3. The van der Waals surface area contributed by atoms with Gasteiger partial charge in [-0.25, -0.2) is 8.42 Å². The van der Waals surface area contributed by atoms with Gasteiger partial charge >= 0.3 is 0 Å². The van der Waals surface area contributed by atoms with Crippen molar-refractivity contribution in [2.45, 2.75) is 51.7 Å². The first-order valence-electron chi connectivity index (χ1n) is 10.5. The van der Waals surface area contributed by atoms with Crippen molar-refractivity contribution >= 4 is 15.7 Å². The number of aromatic amines is 1. The maximum atomic E-state index is 12.9. The predicted octanol–water partition coefficient (Wildman–Crippen LogP) is 2.10. The van der Waals surface area contributed by atoms with E-state index in [9.17, 15) is 18.3 Å². The Morgan fingerprint density at radius 3 is 2.67 bits per heavy atom. The van der Waals surface area contributed by atoms with Crippen molar-refractivity contribution in [1.29, 1.82) is 0 Å². The van der Waals surface area contributed by atoms with Crippen LogP contribution in [0.4, 0.5) is 0 Å². The zero-order chi connectivity index (χ0) is 21.3. The van der Waals surface area contributed by atoms with Gasteiger partial charge in [-0.3, -0.25) is 9.89 Å². The van der Waals surface area contributed by atoms with E-state index in [1.54, 1.807) is 4.90 Å². The van der Waals surface area contributed by atoms with Gasteiger partial charge < -0.3 is 10.0 Å². The van der Waals surface area contributed by atoms with Crippen LogP contribution in [0.2, 0.25) is 0 Å². The van der Waals surface area contributed by atoms with Crippen molar-refractivity contribution in [3.8, 4) is 11.3 Å². The van der Waals surface area contributed by atoms with Gasteiger partial charge in [0.25, 0.3) is 5.91 Å². The summed E-state index contributed by atoms with van der Waals surface area (Å²) in [6.45, 7) is 5.10. The summed E-state index contributed by atoms with van der Waals surface area (Å²) in [5.74, 6) is -0.154. The number of β-amino-alcohol motifs (C(OH)–C–C–N with tert-alkyl or cyclic N) is 1. The second-order valence-electron chi connectivity index (χ2n) is 9.96. The summed E-state index contributed by atoms with van der Waals surface area (Å²) in [5.41, 5.74) is 5.09. The molecule has 2 N–H and O–H groups in total. The standard InChI is InChI=1S/C22H27N3O4S/c1-21(2)10-17-18(11-21)23-24-19(17)14-3-4-16-15(9-14)12-25(20(16)26)13-22(27)5-7-30(28,29)8-6-22/h3-4,9,27H,5-8,10-13H2,1-2H3,(H,23,24). The van der Waals surface area contributed by atoms with E-state index >= 15 is 0 Å². The Labute approximate surface area is 176 Å². The summed E-state index contributed by atoms with van der Waals surface area (Å²) in [5, 5.41) is 18.6. The smallest absolute Gasteiger partial charge is 0.254 e. The largest absolute Gasteiger partial charge is 0.388 e. The molecule has 0 bridgehead atoms. The molecule has 1 aromatic heterocycles. The molecule has 1 amide bonds. The molecule has 0 unspecified atom stereocenters. The Bertz CT molecular complexity index is 1140. The molecule has 1 fully saturated rings. The number of fused-ring (bicyclic) bond motifs is 2. The number of nitrogens with one attached hydrogen (secondary N) is 1. The highest BCUT2D eigenvalue weighted by Crippen LogP contribution is 2.40. The van der Waals surface area contributed by atoms with Crippen LogP contribution in [-0.2, 0) is 29.2 Å². The van der Waals surface area contributed by atoms with E-state index in [0.717, 1.165) is 29.7 Å². The van der Waals surface area contributed by atoms with Crippen molar-refractivity contribution < 1.29 is 18.3 Å². The maximum absolute atomic E-state index is 12.9. The lowest BCUT2D eigenvalue weighted by Crippen LogP contribution is -2.48. The van der Waals surface area contributed by atoms with Gasteiger partial charge in [-0.1, -0.05) is 19.9 Å². The van der Waals surface area contributed by atoms with E-state index < -0.39 is 15.4 Å². The first-order chi connectivity index (χ1) is 14.0. The fourth-order valence-corrected chi connectivity index (χ4v) is 6.67. The molecule has 8 heteroatoms. The Morgan fingerprint density at radius 1 is 1.20 bits per heavy atom. The molecule has 2 aliphatic heterocycles. The van der Waals surface area contributed by atoms with E-state index in [4.69, 9.17) is 0 Å². The van der Waals surface area contributed by atoms with Gasteiger partial charge in [0.2, 0.25) is 0 Å². The predicted molar refractivity (Wildman–Crippen MR) is 113 cm³/mol. The highest BCUT2D eigenvalue weighted by molar-refractivity contribution is 7.91. The first kappa shape index (κ1) is 19.8. The van der Waals surface area contributed by atoms with Gasteiger partial charge in [0.05, 0.1) is 29.3 Å². The van der Waals surface area contributed by atoms with Crippen molar-refractivity contribution in [1.82, 2.24) is 15.1 Å². The summed E-state index contributed by atoms with van der Waals surface area (Å²) in [6, 6.07) is 5.83. The van der Waals surface area contributed by atoms with Gasteiger partial charge in [-0.05, 0) is 48.8 Å². The summed E-state index contributed by atoms with van der Waals surface area (Å²) < 4.78 is 23.4. The molecule has 0 radical (unpaired) electrons. The molecule has 0 saturated carbocycles. The molecule has 30 heavy (non-hydrogen) atoms. The topological polar surface area (TPSA) is 103 Å². The van der Waals surface area contributed by atoms with Gasteiger partial charge in [0.15, 0.2) is 9.84 Å². The number of aliphatic hydroxyl groups is 1. The van der Waals surface area contributed by atoms with Crippen LogP contribution in [0.15, 0.2) is 18.2 Å². The Kier molecular flexibility index (Phi) is 4.22. The number of sulfone groups is 1. The maximum Gasteiger partial charge on any atom is 0.254 e. The molecule has 160 valence electrons. The van der Waals surface area contributed by atoms with Gasteiger partial charge in [0.1, 0.15) is 0 Å². The summed E-state index contributed by atoms with van der Waals surface area (Å²) in [4.78, 5) is 14.5. The van der Waals surface area contributed by atoms with Crippen LogP contribution in [0.25, 0.3) is 11.3 Å². The van der Waals surface area contributed by atoms with Crippen LogP contribution in [0.3, 0.4) is 0 Å². The van der Waals surface area contributed by atoms with Crippen molar-refractivity contribution in [2.24, 2.45) is 5.41 Å². The highest BCUT2D eigenvalue weighted by Gasteiger charge is 2.40. The van der Waals surface area contributed by atoms with Crippen molar-refractivity contribution in [2.75, 3.05) is 18.1 Å².